The van der Waals surface area contributed by atoms with E-state index in [2.05, 4.69) is 19.9 Å². The van der Waals surface area contributed by atoms with Crippen LogP contribution in [0.25, 0.3) is 10.4 Å². The van der Waals surface area contributed by atoms with Crippen molar-refractivity contribution < 1.29 is 4.21 Å². The standard InChI is InChI=1S/C20H23N5O2S2/c1-3-15-13-16(14(2)23-19(15)26)17-5-6-18(28-17)29(27)25-11-9-24(10-12-25)20-21-7-4-8-22-20/h4-8,13H,3,9-12H2,1-2H3,(H,23,26). The second-order valence-corrected chi connectivity index (χ2v) is 9.65. The Balaban J connectivity index is 1.48. The second-order valence-electron chi connectivity index (χ2n) is 6.85. The SMILES string of the molecule is CCc1cc(-c2ccc(S(=O)N3CCN(c4ncccn4)CC3)s2)c(C)[nH]c1=O. The third-order valence-electron chi connectivity index (χ3n) is 5.02. The molecule has 1 fully saturated rings. The van der Waals surface area contributed by atoms with Crippen molar-refractivity contribution in [2.45, 2.75) is 24.5 Å². The highest BCUT2D eigenvalue weighted by atomic mass is 32.2. The minimum absolute atomic E-state index is 0.0330. The van der Waals surface area contributed by atoms with E-state index in [1.807, 2.05) is 36.4 Å². The van der Waals surface area contributed by atoms with Gasteiger partial charge < -0.3 is 9.88 Å². The Morgan fingerprint density at radius 1 is 1.17 bits per heavy atom. The fourth-order valence-corrected chi connectivity index (χ4v) is 5.99. The van der Waals surface area contributed by atoms with Gasteiger partial charge in [-0.3, -0.25) is 4.79 Å². The van der Waals surface area contributed by atoms with E-state index in [0.29, 0.717) is 19.5 Å². The van der Waals surface area contributed by atoms with Crippen molar-refractivity contribution in [3.05, 3.63) is 58.3 Å². The minimum atomic E-state index is -1.20. The lowest BCUT2D eigenvalue weighted by Gasteiger charge is -2.33. The number of pyridine rings is 1. The van der Waals surface area contributed by atoms with Gasteiger partial charge in [-0.25, -0.2) is 18.5 Å². The number of aromatic amines is 1. The van der Waals surface area contributed by atoms with E-state index >= 15 is 0 Å². The average Bonchev–Trinajstić information content (AvgIpc) is 3.24. The lowest BCUT2D eigenvalue weighted by atomic mass is 10.1. The molecular formula is C20H23N5O2S2. The number of aryl methyl sites for hydroxylation is 2. The molecule has 0 aromatic carbocycles. The minimum Gasteiger partial charge on any atom is -0.338 e. The first-order valence-corrected chi connectivity index (χ1v) is 11.5. The molecule has 1 atom stereocenters. The van der Waals surface area contributed by atoms with Crippen molar-refractivity contribution in [2.75, 3.05) is 31.1 Å². The molecule has 4 heterocycles. The third-order valence-corrected chi connectivity index (χ3v) is 7.93. The first-order valence-electron chi connectivity index (χ1n) is 9.58. The zero-order valence-corrected chi connectivity index (χ0v) is 18.1. The summed E-state index contributed by atoms with van der Waals surface area (Å²) in [6.45, 7) is 6.74. The van der Waals surface area contributed by atoms with Crippen molar-refractivity contribution in [3.8, 4) is 10.4 Å². The predicted molar refractivity (Wildman–Crippen MR) is 117 cm³/mol. The van der Waals surface area contributed by atoms with Crippen molar-refractivity contribution in [1.82, 2.24) is 19.3 Å². The molecule has 0 amide bonds. The number of piperazine rings is 1. The molecule has 7 nitrogen and oxygen atoms in total. The molecule has 3 aromatic rings. The van der Waals surface area contributed by atoms with Crippen LogP contribution in [0.1, 0.15) is 18.2 Å². The van der Waals surface area contributed by atoms with Crippen molar-refractivity contribution >= 4 is 28.3 Å². The van der Waals surface area contributed by atoms with Crippen LogP contribution < -0.4 is 10.5 Å². The van der Waals surface area contributed by atoms with Crippen molar-refractivity contribution in [2.24, 2.45) is 0 Å². The first kappa shape index (κ1) is 19.9. The number of aromatic nitrogens is 3. The summed E-state index contributed by atoms with van der Waals surface area (Å²) in [5.74, 6) is 0.719. The summed E-state index contributed by atoms with van der Waals surface area (Å²) in [6.07, 6.45) is 4.16. The molecule has 0 saturated carbocycles. The fraction of sp³-hybridized carbons (Fsp3) is 0.350. The van der Waals surface area contributed by atoms with E-state index < -0.39 is 11.0 Å². The molecular weight excluding hydrogens is 406 g/mol. The van der Waals surface area contributed by atoms with Crippen LogP contribution in [-0.4, -0.2) is 49.6 Å². The van der Waals surface area contributed by atoms with E-state index in [0.717, 1.165) is 44.9 Å². The summed E-state index contributed by atoms with van der Waals surface area (Å²) in [7, 11) is -1.20. The van der Waals surface area contributed by atoms with Crippen LogP contribution in [0.2, 0.25) is 0 Å². The first-order chi connectivity index (χ1) is 14.1. The van der Waals surface area contributed by atoms with Crippen molar-refractivity contribution in [3.63, 3.8) is 0 Å². The molecule has 1 unspecified atom stereocenters. The monoisotopic (exact) mass is 429 g/mol. The van der Waals surface area contributed by atoms with Gasteiger partial charge in [0.1, 0.15) is 15.2 Å². The normalized spacial score (nSPS) is 16.1. The summed E-state index contributed by atoms with van der Waals surface area (Å²) >= 11 is 1.52. The van der Waals surface area contributed by atoms with Gasteiger partial charge in [0.15, 0.2) is 0 Å². The number of hydrogen-bond acceptors (Lipinski definition) is 6. The van der Waals surface area contributed by atoms with Gasteiger partial charge in [-0.15, -0.1) is 11.3 Å². The van der Waals surface area contributed by atoms with E-state index in [1.165, 1.54) is 11.3 Å². The average molecular weight is 430 g/mol. The molecule has 1 aliphatic rings. The lowest BCUT2D eigenvalue weighted by Crippen LogP contribution is -2.47. The van der Waals surface area contributed by atoms with Crippen LogP contribution >= 0.6 is 11.3 Å². The largest absolute Gasteiger partial charge is 0.338 e. The molecule has 0 radical (unpaired) electrons. The van der Waals surface area contributed by atoms with Gasteiger partial charge in [-0.05, 0) is 37.6 Å². The smallest absolute Gasteiger partial charge is 0.251 e. The fourth-order valence-electron chi connectivity index (χ4n) is 3.38. The van der Waals surface area contributed by atoms with Gasteiger partial charge in [-0.2, -0.15) is 0 Å². The van der Waals surface area contributed by atoms with Gasteiger partial charge in [0, 0.05) is 60.3 Å². The molecule has 3 aromatic heterocycles. The zero-order valence-electron chi connectivity index (χ0n) is 16.4. The van der Waals surface area contributed by atoms with Gasteiger partial charge in [0.2, 0.25) is 5.95 Å². The van der Waals surface area contributed by atoms with Crippen LogP contribution in [0.5, 0.6) is 0 Å². The summed E-state index contributed by atoms with van der Waals surface area (Å²) in [5, 5.41) is 0. The van der Waals surface area contributed by atoms with Crippen LogP contribution in [0.4, 0.5) is 5.95 Å². The zero-order chi connectivity index (χ0) is 20.4. The van der Waals surface area contributed by atoms with E-state index in [9.17, 15) is 9.00 Å². The third kappa shape index (κ3) is 4.17. The Morgan fingerprint density at radius 3 is 2.59 bits per heavy atom. The molecule has 1 aliphatic heterocycles. The summed E-state index contributed by atoms with van der Waals surface area (Å²) < 4.78 is 15.9. The highest BCUT2D eigenvalue weighted by Gasteiger charge is 2.24. The van der Waals surface area contributed by atoms with Gasteiger partial charge in [0.05, 0.1) is 0 Å². The van der Waals surface area contributed by atoms with Crippen LogP contribution in [0.3, 0.4) is 0 Å². The lowest BCUT2D eigenvalue weighted by molar-refractivity contribution is 0.408. The summed E-state index contributed by atoms with van der Waals surface area (Å²) in [4.78, 5) is 26.6. The molecule has 152 valence electrons. The van der Waals surface area contributed by atoms with Crippen LogP contribution in [-0.2, 0) is 17.4 Å². The van der Waals surface area contributed by atoms with E-state index in [-0.39, 0.29) is 5.56 Å². The molecule has 4 rings (SSSR count). The van der Waals surface area contributed by atoms with Gasteiger partial charge in [0.25, 0.3) is 5.56 Å². The van der Waals surface area contributed by atoms with Crippen LogP contribution in [0.15, 0.2) is 45.7 Å². The molecule has 0 bridgehead atoms. The quantitative estimate of drug-likeness (QED) is 0.674. The van der Waals surface area contributed by atoms with E-state index in [4.69, 9.17) is 0 Å². The van der Waals surface area contributed by atoms with Crippen molar-refractivity contribution in [1.29, 1.82) is 0 Å². The highest BCUT2D eigenvalue weighted by Crippen LogP contribution is 2.32. The molecule has 29 heavy (non-hydrogen) atoms. The molecule has 9 heteroatoms. The predicted octanol–water partition coefficient (Wildman–Crippen LogP) is 2.61. The Bertz CT molecular complexity index is 1070. The van der Waals surface area contributed by atoms with Crippen LogP contribution in [0, 0.1) is 6.92 Å². The van der Waals surface area contributed by atoms with E-state index in [1.54, 1.807) is 18.5 Å². The number of rotatable bonds is 5. The van der Waals surface area contributed by atoms with Gasteiger partial charge in [-0.1, -0.05) is 6.92 Å². The Hall–Kier alpha value is -2.36. The number of hydrogen-bond donors (Lipinski definition) is 1. The topological polar surface area (TPSA) is 82.2 Å². The maximum atomic E-state index is 13.1. The number of nitrogens with one attached hydrogen (secondary N) is 1. The molecule has 1 saturated heterocycles. The Labute approximate surface area is 176 Å². The maximum Gasteiger partial charge on any atom is 0.251 e. The molecule has 0 spiro atoms. The Kier molecular flexibility index (Phi) is 5.89. The van der Waals surface area contributed by atoms with Gasteiger partial charge >= 0.3 is 0 Å². The number of nitrogens with zero attached hydrogens (tertiary/aromatic N) is 4. The second kappa shape index (κ2) is 8.56. The summed E-state index contributed by atoms with van der Waals surface area (Å²) in [5.41, 5.74) is 2.57. The summed E-state index contributed by atoms with van der Waals surface area (Å²) in [6, 6.07) is 7.67. The number of anilines is 1. The highest BCUT2D eigenvalue weighted by molar-refractivity contribution is 7.85. The maximum absolute atomic E-state index is 13.1. The number of thiophene rings is 1. The molecule has 1 N–H and O–H groups in total. The Morgan fingerprint density at radius 2 is 1.90 bits per heavy atom. The number of H-pyrrole nitrogens is 1. The molecule has 0 aliphatic carbocycles.